The van der Waals surface area contributed by atoms with E-state index in [1.54, 1.807) is 12.1 Å². The first kappa shape index (κ1) is 21.0. The van der Waals surface area contributed by atoms with Crippen molar-refractivity contribution in [1.29, 1.82) is 0 Å². The van der Waals surface area contributed by atoms with Crippen molar-refractivity contribution in [1.82, 2.24) is 0 Å². The van der Waals surface area contributed by atoms with Gasteiger partial charge in [0.1, 0.15) is 0 Å². The maximum Gasteiger partial charge on any atom is 0.416 e. The van der Waals surface area contributed by atoms with Crippen LogP contribution in [0, 0.1) is 0 Å². The molecule has 2 aromatic carbocycles. The van der Waals surface area contributed by atoms with E-state index in [1.165, 1.54) is 19.1 Å². The zero-order valence-corrected chi connectivity index (χ0v) is 15.3. The van der Waals surface area contributed by atoms with Crippen molar-refractivity contribution in [2.75, 3.05) is 5.32 Å². The Morgan fingerprint density at radius 2 is 1.41 bits per heavy atom. The van der Waals surface area contributed by atoms with E-state index in [9.17, 15) is 31.1 Å². The smallest absolute Gasteiger partial charge is 0.359 e. The summed E-state index contributed by atoms with van der Waals surface area (Å²) in [6.45, 7) is 1.37. The van der Waals surface area contributed by atoms with Gasteiger partial charge in [-0.2, -0.15) is 26.3 Å². The lowest BCUT2D eigenvalue weighted by molar-refractivity contribution is -0.143. The van der Waals surface area contributed by atoms with Gasteiger partial charge in [0.25, 0.3) is 0 Å². The SMILES string of the molecule is C/C(=C\C(=O)c1ccc(Br)cc1)Nc1cc(C(F)(F)F)cc(C(F)(F)F)c1. The Kier molecular flexibility index (Phi) is 6.04. The molecule has 0 bridgehead atoms. The van der Waals surface area contributed by atoms with E-state index in [4.69, 9.17) is 0 Å². The summed E-state index contributed by atoms with van der Waals surface area (Å²) >= 11 is 3.21. The van der Waals surface area contributed by atoms with E-state index in [0.29, 0.717) is 17.7 Å². The fraction of sp³-hybridized carbons (Fsp3) is 0.167. The molecule has 0 amide bonds. The number of carbonyl (C=O) groups is 1. The molecule has 0 aliphatic heterocycles. The van der Waals surface area contributed by atoms with Gasteiger partial charge < -0.3 is 5.32 Å². The van der Waals surface area contributed by atoms with Gasteiger partial charge in [-0.05, 0) is 49.4 Å². The molecule has 1 N–H and O–H groups in total. The van der Waals surface area contributed by atoms with Crippen LogP contribution in [0.2, 0.25) is 0 Å². The summed E-state index contributed by atoms with van der Waals surface area (Å²) in [4.78, 5) is 12.1. The lowest BCUT2D eigenvalue weighted by Crippen LogP contribution is -2.12. The molecule has 0 spiro atoms. The zero-order valence-electron chi connectivity index (χ0n) is 13.7. The summed E-state index contributed by atoms with van der Waals surface area (Å²) in [6, 6.07) is 7.47. The second kappa shape index (κ2) is 7.75. The minimum atomic E-state index is -4.94. The lowest BCUT2D eigenvalue weighted by Gasteiger charge is -2.15. The molecule has 2 rings (SSSR count). The van der Waals surface area contributed by atoms with Crippen LogP contribution in [0.25, 0.3) is 0 Å². The molecule has 0 aliphatic rings. The number of carbonyl (C=O) groups excluding carboxylic acids is 1. The number of alkyl halides is 6. The topological polar surface area (TPSA) is 29.1 Å². The highest BCUT2D eigenvalue weighted by Gasteiger charge is 2.36. The van der Waals surface area contributed by atoms with Crippen LogP contribution in [0.5, 0.6) is 0 Å². The number of benzene rings is 2. The van der Waals surface area contributed by atoms with Gasteiger partial charge in [0.05, 0.1) is 11.1 Å². The lowest BCUT2D eigenvalue weighted by atomic mass is 10.1. The van der Waals surface area contributed by atoms with Crippen molar-refractivity contribution in [2.24, 2.45) is 0 Å². The maximum atomic E-state index is 12.9. The van der Waals surface area contributed by atoms with Gasteiger partial charge in [-0.3, -0.25) is 4.79 Å². The highest BCUT2D eigenvalue weighted by molar-refractivity contribution is 9.10. The van der Waals surface area contributed by atoms with E-state index < -0.39 is 35.0 Å². The van der Waals surface area contributed by atoms with E-state index in [-0.39, 0.29) is 11.8 Å². The van der Waals surface area contributed by atoms with Gasteiger partial charge in [0.15, 0.2) is 5.78 Å². The predicted octanol–water partition coefficient (Wildman–Crippen LogP) is 6.69. The largest absolute Gasteiger partial charge is 0.416 e. The monoisotopic (exact) mass is 451 g/mol. The first-order valence-electron chi connectivity index (χ1n) is 7.41. The summed E-state index contributed by atoms with van der Waals surface area (Å²) in [7, 11) is 0. The van der Waals surface area contributed by atoms with Gasteiger partial charge in [-0.25, -0.2) is 0 Å². The Morgan fingerprint density at radius 1 is 0.926 bits per heavy atom. The van der Waals surface area contributed by atoms with Crippen LogP contribution in [0.4, 0.5) is 32.0 Å². The number of anilines is 1. The van der Waals surface area contributed by atoms with Gasteiger partial charge in [0, 0.05) is 27.5 Å². The third kappa shape index (κ3) is 5.85. The highest BCUT2D eigenvalue weighted by Crippen LogP contribution is 2.37. The van der Waals surface area contributed by atoms with Crippen molar-refractivity contribution in [2.45, 2.75) is 19.3 Å². The molecule has 2 aromatic rings. The molecule has 2 nitrogen and oxygen atoms in total. The van der Waals surface area contributed by atoms with Crippen molar-refractivity contribution < 1.29 is 31.1 Å². The molecule has 0 atom stereocenters. The van der Waals surface area contributed by atoms with Crippen LogP contribution < -0.4 is 5.32 Å². The standard InChI is InChI=1S/C18H12BrF6NO/c1-10(6-16(27)11-2-4-14(19)5-3-11)26-15-8-12(17(20,21)22)7-13(9-15)18(23,24)25/h2-9,26H,1H3/b10-6+. The summed E-state index contributed by atoms with van der Waals surface area (Å²) in [5.74, 6) is -0.449. The van der Waals surface area contributed by atoms with Gasteiger partial charge in [-0.1, -0.05) is 15.9 Å². The molecule has 27 heavy (non-hydrogen) atoms. The summed E-state index contributed by atoms with van der Waals surface area (Å²) in [5, 5.41) is 2.41. The zero-order chi connectivity index (χ0) is 20.4. The number of halogens is 7. The van der Waals surface area contributed by atoms with Crippen molar-refractivity contribution in [3.8, 4) is 0 Å². The van der Waals surface area contributed by atoms with Crippen molar-refractivity contribution >= 4 is 27.4 Å². The number of allylic oxidation sites excluding steroid dienone is 2. The van der Waals surface area contributed by atoms with Gasteiger partial charge in [-0.15, -0.1) is 0 Å². The normalized spacial score (nSPS) is 12.8. The molecule has 0 radical (unpaired) electrons. The highest BCUT2D eigenvalue weighted by atomic mass is 79.9. The van der Waals surface area contributed by atoms with E-state index in [2.05, 4.69) is 21.2 Å². The molecule has 9 heteroatoms. The molecule has 0 aromatic heterocycles. The fourth-order valence-corrected chi connectivity index (χ4v) is 2.45. The number of nitrogens with one attached hydrogen (secondary N) is 1. The number of hydrogen-bond acceptors (Lipinski definition) is 2. The van der Waals surface area contributed by atoms with Crippen molar-refractivity contribution in [3.05, 3.63) is 75.4 Å². The molecular weight excluding hydrogens is 440 g/mol. The minimum absolute atomic E-state index is 0.0389. The summed E-state index contributed by atoms with van der Waals surface area (Å²) < 4.78 is 78.0. The van der Waals surface area contributed by atoms with Crippen LogP contribution in [0.3, 0.4) is 0 Å². The molecule has 0 unspecified atom stereocenters. The number of ketones is 1. The average Bonchev–Trinajstić information content (AvgIpc) is 2.53. The van der Waals surface area contributed by atoms with Crippen LogP contribution in [0.15, 0.2) is 58.7 Å². The molecule has 0 fully saturated rings. The Morgan fingerprint density at radius 3 is 1.85 bits per heavy atom. The molecular formula is C18H12BrF6NO. The minimum Gasteiger partial charge on any atom is -0.359 e. The van der Waals surface area contributed by atoms with Crippen LogP contribution in [-0.2, 0) is 12.4 Å². The molecule has 0 aliphatic carbocycles. The summed E-state index contributed by atoms with van der Waals surface area (Å²) in [6.07, 6.45) is -8.79. The van der Waals surface area contributed by atoms with Gasteiger partial charge in [0.2, 0.25) is 0 Å². The third-order valence-corrected chi connectivity index (χ3v) is 3.93. The average molecular weight is 452 g/mol. The van der Waals surface area contributed by atoms with Crippen LogP contribution in [-0.4, -0.2) is 5.78 Å². The van der Waals surface area contributed by atoms with Crippen molar-refractivity contribution in [3.63, 3.8) is 0 Å². The Labute approximate surface area is 159 Å². The number of hydrogen-bond donors (Lipinski definition) is 1. The quantitative estimate of drug-likeness (QED) is 0.319. The fourth-order valence-electron chi connectivity index (χ4n) is 2.18. The Hall–Kier alpha value is -2.29. The predicted molar refractivity (Wildman–Crippen MR) is 92.3 cm³/mol. The Bertz CT molecular complexity index is 837. The molecule has 0 saturated carbocycles. The number of rotatable bonds is 4. The second-order valence-electron chi connectivity index (χ2n) is 5.62. The molecule has 0 saturated heterocycles. The second-order valence-corrected chi connectivity index (χ2v) is 6.53. The third-order valence-electron chi connectivity index (χ3n) is 3.41. The molecule has 0 heterocycles. The van der Waals surface area contributed by atoms with Crippen LogP contribution >= 0.6 is 15.9 Å². The summed E-state index contributed by atoms with van der Waals surface area (Å²) in [5.41, 5.74) is -2.89. The Balaban J connectivity index is 2.32. The van der Waals surface area contributed by atoms with Crippen LogP contribution in [0.1, 0.15) is 28.4 Å². The first-order chi connectivity index (χ1) is 12.4. The molecule has 144 valence electrons. The van der Waals surface area contributed by atoms with Gasteiger partial charge >= 0.3 is 12.4 Å². The first-order valence-corrected chi connectivity index (χ1v) is 8.20. The van der Waals surface area contributed by atoms with E-state index in [1.807, 2.05) is 0 Å². The van der Waals surface area contributed by atoms with E-state index >= 15 is 0 Å². The maximum absolute atomic E-state index is 12.9. The van der Waals surface area contributed by atoms with E-state index in [0.717, 1.165) is 10.5 Å².